The first kappa shape index (κ1) is 15.1. The first-order valence-electron chi connectivity index (χ1n) is 8.43. The van der Waals surface area contributed by atoms with Gasteiger partial charge in [0.2, 0.25) is 0 Å². The van der Waals surface area contributed by atoms with Crippen molar-refractivity contribution in [2.24, 2.45) is 5.92 Å². The Bertz CT molecular complexity index is 766. The summed E-state index contributed by atoms with van der Waals surface area (Å²) < 4.78 is 1.73. The molecule has 0 spiro atoms. The molecule has 1 unspecified atom stereocenters. The van der Waals surface area contributed by atoms with Crippen LogP contribution in [0.5, 0.6) is 0 Å². The van der Waals surface area contributed by atoms with Gasteiger partial charge >= 0.3 is 0 Å². The Hall–Kier alpha value is -2.47. The highest BCUT2D eigenvalue weighted by molar-refractivity contribution is 5.46. The number of hydrogen-bond acceptors (Lipinski definition) is 5. The summed E-state index contributed by atoms with van der Waals surface area (Å²) in [4.78, 5) is 13.5. The number of benzene rings is 1. The SMILES string of the molecule is CN(Cc1nc2ncccn2n1)CC1CCN(c2ccccc2)C1. The van der Waals surface area contributed by atoms with Crippen LogP contribution < -0.4 is 4.90 Å². The van der Waals surface area contributed by atoms with Crippen molar-refractivity contribution in [1.82, 2.24) is 24.5 Å². The Morgan fingerprint density at radius 3 is 2.92 bits per heavy atom. The summed E-state index contributed by atoms with van der Waals surface area (Å²) in [5, 5.41) is 4.48. The first-order chi connectivity index (χ1) is 11.8. The van der Waals surface area contributed by atoms with Crippen LogP contribution in [0.25, 0.3) is 5.78 Å². The summed E-state index contributed by atoms with van der Waals surface area (Å²) in [5.41, 5.74) is 1.33. The predicted octanol–water partition coefficient (Wildman–Crippen LogP) is 2.08. The van der Waals surface area contributed by atoms with Crippen molar-refractivity contribution >= 4 is 11.5 Å². The Morgan fingerprint density at radius 1 is 1.21 bits per heavy atom. The zero-order valence-electron chi connectivity index (χ0n) is 13.9. The molecule has 0 N–H and O–H groups in total. The molecule has 0 saturated carbocycles. The quantitative estimate of drug-likeness (QED) is 0.720. The summed E-state index contributed by atoms with van der Waals surface area (Å²) in [6.07, 6.45) is 4.86. The second kappa shape index (κ2) is 6.57. The molecular formula is C18H22N6. The summed E-state index contributed by atoms with van der Waals surface area (Å²) in [6, 6.07) is 12.5. The van der Waals surface area contributed by atoms with Crippen LogP contribution in [0.2, 0.25) is 0 Å². The molecule has 0 bridgehead atoms. The normalized spacial score (nSPS) is 17.9. The van der Waals surface area contributed by atoms with E-state index in [9.17, 15) is 0 Å². The molecule has 3 aromatic rings. The Kier molecular flexibility index (Phi) is 4.13. The second-order valence-electron chi connectivity index (χ2n) is 6.53. The van der Waals surface area contributed by atoms with E-state index in [0.29, 0.717) is 11.7 Å². The van der Waals surface area contributed by atoms with Crippen LogP contribution in [-0.2, 0) is 6.54 Å². The lowest BCUT2D eigenvalue weighted by Crippen LogP contribution is -2.28. The molecule has 0 amide bonds. The minimum atomic E-state index is 0.664. The van der Waals surface area contributed by atoms with E-state index in [-0.39, 0.29) is 0 Å². The number of para-hydroxylation sites is 1. The van der Waals surface area contributed by atoms with Crippen LogP contribution in [0.4, 0.5) is 5.69 Å². The molecule has 6 nitrogen and oxygen atoms in total. The number of anilines is 1. The van der Waals surface area contributed by atoms with Crippen molar-refractivity contribution in [2.45, 2.75) is 13.0 Å². The summed E-state index contributed by atoms with van der Waals surface area (Å²) in [5.74, 6) is 2.18. The van der Waals surface area contributed by atoms with E-state index >= 15 is 0 Å². The molecule has 3 heterocycles. The highest BCUT2D eigenvalue weighted by atomic mass is 15.3. The lowest BCUT2D eigenvalue weighted by molar-refractivity contribution is 0.273. The molecule has 0 aliphatic carbocycles. The van der Waals surface area contributed by atoms with E-state index in [1.807, 2.05) is 12.3 Å². The third-order valence-electron chi connectivity index (χ3n) is 4.55. The highest BCUT2D eigenvalue weighted by Crippen LogP contribution is 2.24. The lowest BCUT2D eigenvalue weighted by atomic mass is 10.1. The molecule has 1 aliphatic heterocycles. The number of fused-ring (bicyclic) bond motifs is 1. The van der Waals surface area contributed by atoms with Gasteiger partial charge in [0.15, 0.2) is 5.82 Å². The Balaban J connectivity index is 1.34. The molecule has 1 atom stereocenters. The van der Waals surface area contributed by atoms with Crippen molar-refractivity contribution in [3.8, 4) is 0 Å². The predicted molar refractivity (Wildman–Crippen MR) is 93.9 cm³/mol. The maximum absolute atomic E-state index is 4.48. The zero-order chi connectivity index (χ0) is 16.4. The fourth-order valence-corrected chi connectivity index (χ4v) is 3.44. The number of aromatic nitrogens is 4. The average molecular weight is 322 g/mol. The maximum atomic E-state index is 4.48. The number of hydrogen-bond donors (Lipinski definition) is 0. The van der Waals surface area contributed by atoms with Gasteiger partial charge in [0.25, 0.3) is 5.78 Å². The Labute approximate surface area is 141 Å². The number of rotatable bonds is 5. The smallest absolute Gasteiger partial charge is 0.252 e. The minimum absolute atomic E-state index is 0.664. The number of nitrogens with zero attached hydrogens (tertiary/aromatic N) is 6. The van der Waals surface area contributed by atoms with E-state index in [1.54, 1.807) is 10.7 Å². The molecule has 2 aromatic heterocycles. The molecule has 1 fully saturated rings. The second-order valence-corrected chi connectivity index (χ2v) is 6.53. The fraction of sp³-hybridized carbons (Fsp3) is 0.389. The van der Waals surface area contributed by atoms with Crippen molar-refractivity contribution in [1.29, 1.82) is 0 Å². The molecule has 1 saturated heterocycles. The summed E-state index contributed by atoms with van der Waals surface area (Å²) in [6.45, 7) is 4.07. The van der Waals surface area contributed by atoms with Crippen LogP contribution >= 0.6 is 0 Å². The fourth-order valence-electron chi connectivity index (χ4n) is 3.44. The monoisotopic (exact) mass is 322 g/mol. The summed E-state index contributed by atoms with van der Waals surface area (Å²) >= 11 is 0. The lowest BCUT2D eigenvalue weighted by Gasteiger charge is -2.21. The average Bonchev–Trinajstić information content (AvgIpc) is 3.21. The van der Waals surface area contributed by atoms with Gasteiger partial charge in [-0.3, -0.25) is 4.90 Å². The maximum Gasteiger partial charge on any atom is 0.252 e. The van der Waals surface area contributed by atoms with Crippen LogP contribution in [0.3, 0.4) is 0 Å². The molecule has 1 aromatic carbocycles. The Morgan fingerprint density at radius 2 is 2.08 bits per heavy atom. The van der Waals surface area contributed by atoms with E-state index in [4.69, 9.17) is 0 Å². The van der Waals surface area contributed by atoms with Crippen molar-refractivity contribution in [3.05, 3.63) is 54.6 Å². The van der Waals surface area contributed by atoms with E-state index in [1.165, 1.54) is 12.1 Å². The van der Waals surface area contributed by atoms with Gasteiger partial charge in [0.05, 0.1) is 6.54 Å². The van der Waals surface area contributed by atoms with Crippen LogP contribution in [0.1, 0.15) is 12.2 Å². The van der Waals surface area contributed by atoms with Gasteiger partial charge in [-0.05, 0) is 37.6 Å². The molecule has 0 radical (unpaired) electrons. The van der Waals surface area contributed by atoms with E-state index in [2.05, 4.69) is 62.2 Å². The van der Waals surface area contributed by atoms with Crippen molar-refractivity contribution in [2.75, 3.05) is 31.6 Å². The van der Waals surface area contributed by atoms with Gasteiger partial charge in [-0.15, -0.1) is 5.10 Å². The largest absolute Gasteiger partial charge is 0.371 e. The van der Waals surface area contributed by atoms with Gasteiger partial charge in [0.1, 0.15) is 0 Å². The van der Waals surface area contributed by atoms with Gasteiger partial charge in [0, 0.05) is 37.7 Å². The molecule has 1 aliphatic rings. The van der Waals surface area contributed by atoms with Gasteiger partial charge in [-0.2, -0.15) is 4.98 Å². The molecule has 124 valence electrons. The topological polar surface area (TPSA) is 49.6 Å². The van der Waals surface area contributed by atoms with Crippen molar-refractivity contribution < 1.29 is 0 Å². The molecule has 6 heteroatoms. The first-order valence-corrected chi connectivity index (χ1v) is 8.43. The highest BCUT2D eigenvalue weighted by Gasteiger charge is 2.24. The van der Waals surface area contributed by atoms with E-state index in [0.717, 1.165) is 32.0 Å². The van der Waals surface area contributed by atoms with Crippen LogP contribution in [0.15, 0.2) is 48.8 Å². The molecule has 24 heavy (non-hydrogen) atoms. The third-order valence-corrected chi connectivity index (χ3v) is 4.55. The van der Waals surface area contributed by atoms with E-state index < -0.39 is 0 Å². The van der Waals surface area contributed by atoms with Gasteiger partial charge in [-0.25, -0.2) is 9.50 Å². The molecule has 4 rings (SSSR count). The standard InChI is InChI=1S/C18H22N6/c1-22(14-17-20-18-19-9-5-10-24(18)21-17)12-15-8-11-23(13-15)16-6-3-2-4-7-16/h2-7,9-10,15H,8,11-14H2,1H3. The third kappa shape index (κ3) is 3.23. The zero-order valence-corrected chi connectivity index (χ0v) is 13.9. The minimum Gasteiger partial charge on any atom is -0.371 e. The van der Waals surface area contributed by atoms with Crippen molar-refractivity contribution in [3.63, 3.8) is 0 Å². The van der Waals surface area contributed by atoms with Crippen LogP contribution in [-0.4, -0.2) is 51.2 Å². The summed E-state index contributed by atoms with van der Waals surface area (Å²) in [7, 11) is 2.14. The molecular weight excluding hydrogens is 300 g/mol. The van der Waals surface area contributed by atoms with Gasteiger partial charge in [-0.1, -0.05) is 18.2 Å². The van der Waals surface area contributed by atoms with Crippen LogP contribution in [0, 0.1) is 5.92 Å². The van der Waals surface area contributed by atoms with Gasteiger partial charge < -0.3 is 4.90 Å².